The number of carbonyl (C=O) groups is 1. The maximum absolute atomic E-state index is 12.6. The molecule has 5 heteroatoms. The lowest BCUT2D eigenvalue weighted by Crippen LogP contribution is -2.45. The van der Waals surface area contributed by atoms with Crippen molar-refractivity contribution in [2.75, 3.05) is 38.1 Å². The lowest BCUT2D eigenvalue weighted by Gasteiger charge is -2.34. The number of anilines is 1. The van der Waals surface area contributed by atoms with E-state index in [4.69, 9.17) is 0 Å². The van der Waals surface area contributed by atoms with E-state index in [1.165, 1.54) is 0 Å². The summed E-state index contributed by atoms with van der Waals surface area (Å²) in [5, 5.41) is 5.26. The smallest absolute Gasteiger partial charge is 0.251 e. The zero-order valence-electron chi connectivity index (χ0n) is 15.6. The molecule has 1 amide bonds. The molecule has 0 saturated carbocycles. The Kier molecular flexibility index (Phi) is 5.03. The molecular weight excluding hydrogens is 336 g/mol. The van der Waals surface area contributed by atoms with Crippen molar-refractivity contribution in [3.05, 3.63) is 71.9 Å². The van der Waals surface area contributed by atoms with Crippen LogP contribution in [0, 0.1) is 0 Å². The standard InChI is InChI=1S/C22H24N4O/c1-25-11-13-26(14-12-25)21-20(7-4-10-23-21)16-24-22(27)19-9-8-17-5-2-3-6-18(17)15-19/h2-10,15H,11-14,16H2,1H3,(H,24,27). The number of fused-ring (bicyclic) bond motifs is 1. The molecule has 0 bridgehead atoms. The molecular formula is C22H24N4O. The summed E-state index contributed by atoms with van der Waals surface area (Å²) in [7, 11) is 2.14. The summed E-state index contributed by atoms with van der Waals surface area (Å²) >= 11 is 0. The van der Waals surface area contributed by atoms with E-state index in [2.05, 4.69) is 33.2 Å². The number of piperazine rings is 1. The third-order valence-electron chi connectivity index (χ3n) is 5.12. The number of hydrogen-bond donors (Lipinski definition) is 1. The Bertz CT molecular complexity index is 948. The van der Waals surface area contributed by atoms with Crippen LogP contribution in [0.25, 0.3) is 10.8 Å². The van der Waals surface area contributed by atoms with Gasteiger partial charge in [0.05, 0.1) is 0 Å². The summed E-state index contributed by atoms with van der Waals surface area (Å²) in [5.41, 5.74) is 1.73. The fraction of sp³-hybridized carbons (Fsp3) is 0.273. The number of amides is 1. The van der Waals surface area contributed by atoms with E-state index >= 15 is 0 Å². The largest absolute Gasteiger partial charge is 0.354 e. The van der Waals surface area contributed by atoms with Crippen LogP contribution in [0.4, 0.5) is 5.82 Å². The molecule has 0 radical (unpaired) electrons. The molecule has 1 saturated heterocycles. The summed E-state index contributed by atoms with van der Waals surface area (Å²) in [5.74, 6) is 0.915. The van der Waals surface area contributed by atoms with E-state index in [0.717, 1.165) is 48.3 Å². The van der Waals surface area contributed by atoms with Gasteiger partial charge in [-0.2, -0.15) is 0 Å². The van der Waals surface area contributed by atoms with Gasteiger partial charge >= 0.3 is 0 Å². The van der Waals surface area contributed by atoms with E-state index < -0.39 is 0 Å². The molecule has 1 aliphatic heterocycles. The van der Waals surface area contributed by atoms with Crippen molar-refractivity contribution in [3.8, 4) is 0 Å². The number of pyridine rings is 1. The van der Waals surface area contributed by atoms with Gasteiger partial charge < -0.3 is 15.1 Å². The van der Waals surface area contributed by atoms with Crippen molar-refractivity contribution >= 4 is 22.5 Å². The summed E-state index contributed by atoms with van der Waals surface area (Å²) in [6.45, 7) is 4.44. The van der Waals surface area contributed by atoms with Crippen LogP contribution in [0.2, 0.25) is 0 Å². The second-order valence-corrected chi connectivity index (χ2v) is 7.02. The fourth-order valence-corrected chi connectivity index (χ4v) is 3.48. The normalized spacial score (nSPS) is 15.1. The van der Waals surface area contributed by atoms with Crippen LogP contribution in [-0.2, 0) is 6.54 Å². The van der Waals surface area contributed by atoms with Crippen molar-refractivity contribution in [3.63, 3.8) is 0 Å². The van der Waals surface area contributed by atoms with E-state index in [-0.39, 0.29) is 5.91 Å². The third kappa shape index (κ3) is 3.93. The average molecular weight is 360 g/mol. The van der Waals surface area contributed by atoms with Gasteiger partial charge in [0.1, 0.15) is 5.82 Å². The van der Waals surface area contributed by atoms with Crippen LogP contribution in [0.5, 0.6) is 0 Å². The number of aromatic nitrogens is 1. The van der Waals surface area contributed by atoms with Gasteiger partial charge in [-0.1, -0.05) is 36.4 Å². The van der Waals surface area contributed by atoms with Gasteiger partial charge in [0, 0.05) is 50.0 Å². The molecule has 1 fully saturated rings. The first-order valence-corrected chi connectivity index (χ1v) is 9.35. The summed E-state index contributed by atoms with van der Waals surface area (Å²) in [6.07, 6.45) is 1.82. The third-order valence-corrected chi connectivity index (χ3v) is 5.12. The van der Waals surface area contributed by atoms with E-state index in [0.29, 0.717) is 12.1 Å². The molecule has 0 unspecified atom stereocenters. The average Bonchev–Trinajstić information content (AvgIpc) is 2.72. The zero-order valence-corrected chi connectivity index (χ0v) is 15.6. The molecule has 0 aliphatic carbocycles. The molecule has 0 atom stereocenters. The zero-order chi connectivity index (χ0) is 18.6. The van der Waals surface area contributed by atoms with Crippen LogP contribution in [-0.4, -0.2) is 49.0 Å². The first-order chi connectivity index (χ1) is 13.2. The molecule has 1 N–H and O–H groups in total. The molecule has 0 spiro atoms. The Morgan fingerprint density at radius 2 is 1.78 bits per heavy atom. The Hall–Kier alpha value is -2.92. The van der Waals surface area contributed by atoms with Gasteiger partial charge in [-0.15, -0.1) is 0 Å². The van der Waals surface area contributed by atoms with Crippen LogP contribution >= 0.6 is 0 Å². The predicted molar refractivity (Wildman–Crippen MR) is 109 cm³/mol. The molecule has 1 aliphatic rings. The summed E-state index contributed by atoms with van der Waals surface area (Å²) in [6, 6.07) is 17.8. The number of likely N-dealkylation sites (N-methyl/N-ethyl adjacent to an activating group) is 1. The SMILES string of the molecule is CN1CCN(c2ncccc2CNC(=O)c2ccc3ccccc3c2)CC1. The van der Waals surface area contributed by atoms with Crippen molar-refractivity contribution in [2.45, 2.75) is 6.54 Å². The van der Waals surface area contributed by atoms with Crippen LogP contribution in [0.3, 0.4) is 0 Å². The monoisotopic (exact) mass is 360 g/mol. The molecule has 1 aromatic heterocycles. The van der Waals surface area contributed by atoms with Gasteiger partial charge in [-0.05, 0) is 36.0 Å². The second-order valence-electron chi connectivity index (χ2n) is 7.02. The Morgan fingerprint density at radius 3 is 2.59 bits per heavy atom. The second kappa shape index (κ2) is 7.76. The summed E-state index contributed by atoms with van der Waals surface area (Å²) < 4.78 is 0. The molecule has 138 valence electrons. The first kappa shape index (κ1) is 17.5. The van der Waals surface area contributed by atoms with E-state index in [1.807, 2.05) is 54.7 Å². The minimum Gasteiger partial charge on any atom is -0.354 e. The molecule has 2 aromatic carbocycles. The van der Waals surface area contributed by atoms with Crippen molar-refractivity contribution in [1.29, 1.82) is 0 Å². The van der Waals surface area contributed by atoms with E-state index in [9.17, 15) is 4.79 Å². The number of nitrogens with one attached hydrogen (secondary N) is 1. The Morgan fingerprint density at radius 1 is 1.00 bits per heavy atom. The van der Waals surface area contributed by atoms with E-state index in [1.54, 1.807) is 0 Å². The number of hydrogen-bond acceptors (Lipinski definition) is 4. The molecule has 27 heavy (non-hydrogen) atoms. The number of rotatable bonds is 4. The minimum atomic E-state index is -0.0612. The summed E-state index contributed by atoms with van der Waals surface area (Å²) in [4.78, 5) is 21.8. The predicted octanol–water partition coefficient (Wildman–Crippen LogP) is 2.92. The maximum Gasteiger partial charge on any atom is 0.251 e. The molecule has 2 heterocycles. The van der Waals surface area contributed by atoms with Gasteiger partial charge in [0.2, 0.25) is 0 Å². The van der Waals surface area contributed by atoms with Gasteiger partial charge in [-0.25, -0.2) is 4.98 Å². The molecule has 5 nitrogen and oxygen atoms in total. The first-order valence-electron chi connectivity index (χ1n) is 9.35. The lowest BCUT2D eigenvalue weighted by molar-refractivity contribution is 0.0951. The highest BCUT2D eigenvalue weighted by atomic mass is 16.1. The highest BCUT2D eigenvalue weighted by molar-refractivity contribution is 5.98. The maximum atomic E-state index is 12.6. The van der Waals surface area contributed by atoms with Gasteiger partial charge in [-0.3, -0.25) is 4.79 Å². The van der Waals surface area contributed by atoms with Gasteiger partial charge in [0.15, 0.2) is 0 Å². The van der Waals surface area contributed by atoms with Crippen LogP contribution < -0.4 is 10.2 Å². The quantitative estimate of drug-likeness (QED) is 0.777. The Labute approximate surface area is 159 Å². The Balaban J connectivity index is 1.47. The fourth-order valence-electron chi connectivity index (χ4n) is 3.48. The molecule has 4 rings (SSSR count). The van der Waals surface area contributed by atoms with Crippen molar-refractivity contribution in [1.82, 2.24) is 15.2 Å². The van der Waals surface area contributed by atoms with Crippen LogP contribution in [0.15, 0.2) is 60.8 Å². The highest BCUT2D eigenvalue weighted by Gasteiger charge is 2.18. The topological polar surface area (TPSA) is 48.5 Å². The molecule has 3 aromatic rings. The van der Waals surface area contributed by atoms with Crippen LogP contribution in [0.1, 0.15) is 15.9 Å². The highest BCUT2D eigenvalue weighted by Crippen LogP contribution is 2.19. The minimum absolute atomic E-state index is 0.0612. The van der Waals surface area contributed by atoms with Crippen molar-refractivity contribution in [2.24, 2.45) is 0 Å². The number of carbonyl (C=O) groups excluding carboxylic acids is 1. The number of benzene rings is 2. The number of nitrogens with zero attached hydrogens (tertiary/aromatic N) is 3. The van der Waals surface area contributed by atoms with Gasteiger partial charge in [0.25, 0.3) is 5.91 Å². The lowest BCUT2D eigenvalue weighted by atomic mass is 10.1. The van der Waals surface area contributed by atoms with Crippen molar-refractivity contribution < 1.29 is 4.79 Å².